The lowest BCUT2D eigenvalue weighted by Crippen LogP contribution is -2.37. The van der Waals surface area contributed by atoms with E-state index in [1.165, 1.54) is 5.56 Å². The van der Waals surface area contributed by atoms with Gasteiger partial charge in [0, 0.05) is 35.7 Å². The summed E-state index contributed by atoms with van der Waals surface area (Å²) >= 11 is 0. The van der Waals surface area contributed by atoms with Gasteiger partial charge in [-0.2, -0.15) is 5.10 Å². The first-order valence-corrected chi connectivity index (χ1v) is 8.76. The molecule has 1 saturated heterocycles. The fraction of sp³-hybridized carbons (Fsp3) is 0.526. The molecule has 1 fully saturated rings. The molecule has 3 rings (SSSR count). The number of pyridine rings is 1. The molecule has 0 aliphatic carbocycles. The van der Waals surface area contributed by atoms with Gasteiger partial charge in [-0.3, -0.25) is 14.9 Å². The molecule has 5 nitrogen and oxygen atoms in total. The molecular weight excluding hydrogens is 300 g/mol. The number of hydrogen-bond donors (Lipinski definition) is 1. The zero-order valence-electron chi connectivity index (χ0n) is 14.8. The van der Waals surface area contributed by atoms with E-state index >= 15 is 0 Å². The fourth-order valence-electron chi connectivity index (χ4n) is 3.64. The molecule has 1 N–H and O–H groups in total. The van der Waals surface area contributed by atoms with Crippen LogP contribution in [0.1, 0.15) is 47.5 Å². The Hall–Kier alpha value is -2.17. The Morgan fingerprint density at radius 1 is 1.38 bits per heavy atom. The quantitative estimate of drug-likeness (QED) is 0.919. The van der Waals surface area contributed by atoms with Crippen molar-refractivity contribution >= 4 is 5.91 Å². The highest BCUT2D eigenvalue weighted by Crippen LogP contribution is 2.24. The van der Waals surface area contributed by atoms with Crippen molar-refractivity contribution in [2.75, 3.05) is 6.54 Å². The van der Waals surface area contributed by atoms with E-state index in [1.807, 2.05) is 27.0 Å². The van der Waals surface area contributed by atoms with Gasteiger partial charge in [-0.1, -0.05) is 0 Å². The van der Waals surface area contributed by atoms with Gasteiger partial charge in [0.05, 0.1) is 12.1 Å². The summed E-state index contributed by atoms with van der Waals surface area (Å²) in [6.45, 7) is 6.84. The number of aromatic amines is 1. The molecular formula is C19H26N4O. The van der Waals surface area contributed by atoms with Crippen LogP contribution in [-0.2, 0) is 17.6 Å². The van der Waals surface area contributed by atoms with Gasteiger partial charge >= 0.3 is 0 Å². The predicted molar refractivity (Wildman–Crippen MR) is 93.8 cm³/mol. The summed E-state index contributed by atoms with van der Waals surface area (Å²) in [6, 6.07) is 4.57. The van der Waals surface area contributed by atoms with Crippen LogP contribution in [0.5, 0.6) is 0 Å². The molecule has 0 saturated carbocycles. The van der Waals surface area contributed by atoms with Gasteiger partial charge in [0.2, 0.25) is 5.91 Å². The lowest BCUT2D eigenvalue weighted by molar-refractivity contribution is -0.131. The molecule has 0 spiro atoms. The number of likely N-dealkylation sites (tertiary alicyclic amines) is 1. The molecule has 1 aliphatic heterocycles. The molecule has 24 heavy (non-hydrogen) atoms. The van der Waals surface area contributed by atoms with Crippen molar-refractivity contribution < 1.29 is 4.79 Å². The SMILES string of the molecule is Cc1cc(CC[C@@H]2CCCN2C(=O)Cc2c(C)n[nH]c2C)ccn1. The minimum atomic E-state index is 0.232. The van der Waals surface area contributed by atoms with Crippen LogP contribution < -0.4 is 0 Å². The van der Waals surface area contributed by atoms with E-state index in [9.17, 15) is 4.79 Å². The number of carbonyl (C=O) groups excluding carboxylic acids is 1. The van der Waals surface area contributed by atoms with Gasteiger partial charge < -0.3 is 4.90 Å². The molecule has 5 heteroatoms. The Labute approximate surface area is 143 Å². The van der Waals surface area contributed by atoms with E-state index in [1.54, 1.807) is 0 Å². The van der Waals surface area contributed by atoms with E-state index in [4.69, 9.17) is 0 Å². The number of rotatable bonds is 5. The summed E-state index contributed by atoms with van der Waals surface area (Å²) in [6.07, 6.45) is 6.57. The number of amides is 1. The van der Waals surface area contributed by atoms with Crippen LogP contribution in [0, 0.1) is 20.8 Å². The molecule has 1 amide bonds. The van der Waals surface area contributed by atoms with E-state index in [0.717, 1.165) is 54.9 Å². The van der Waals surface area contributed by atoms with Crippen LogP contribution in [0.4, 0.5) is 0 Å². The number of carbonyl (C=O) groups is 1. The highest BCUT2D eigenvalue weighted by Gasteiger charge is 2.29. The first-order chi connectivity index (χ1) is 11.5. The molecule has 1 atom stereocenters. The maximum absolute atomic E-state index is 12.8. The third-order valence-electron chi connectivity index (χ3n) is 5.03. The molecule has 2 aromatic heterocycles. The standard InChI is InChI=1S/C19H26N4O/c1-13-11-16(8-9-20-13)6-7-17-5-4-10-23(17)19(24)12-18-14(2)21-22-15(18)3/h8-9,11,17H,4-7,10,12H2,1-3H3,(H,21,22)/t17-/m0/s1. The second-order valence-corrected chi connectivity index (χ2v) is 6.82. The first kappa shape index (κ1) is 16.7. The first-order valence-electron chi connectivity index (χ1n) is 8.76. The Bertz CT molecular complexity index is 702. The van der Waals surface area contributed by atoms with Crippen LogP contribution in [0.2, 0.25) is 0 Å². The third-order valence-corrected chi connectivity index (χ3v) is 5.03. The van der Waals surface area contributed by atoms with Crippen molar-refractivity contribution in [3.63, 3.8) is 0 Å². The predicted octanol–water partition coefficient (Wildman–Crippen LogP) is 2.90. The summed E-state index contributed by atoms with van der Waals surface area (Å²) in [5, 5.41) is 7.17. The number of H-pyrrole nitrogens is 1. The Balaban J connectivity index is 1.61. The molecule has 0 bridgehead atoms. The number of nitrogens with zero attached hydrogens (tertiary/aromatic N) is 3. The Morgan fingerprint density at radius 3 is 2.92 bits per heavy atom. The van der Waals surface area contributed by atoms with Gasteiger partial charge in [0.25, 0.3) is 0 Å². The summed E-state index contributed by atoms with van der Waals surface area (Å²) in [7, 11) is 0. The monoisotopic (exact) mass is 326 g/mol. The molecule has 0 aromatic carbocycles. The molecule has 3 heterocycles. The van der Waals surface area contributed by atoms with Crippen molar-refractivity contribution in [3.05, 3.63) is 46.5 Å². The smallest absolute Gasteiger partial charge is 0.227 e. The lowest BCUT2D eigenvalue weighted by atomic mass is 10.0. The topological polar surface area (TPSA) is 61.9 Å². The second-order valence-electron chi connectivity index (χ2n) is 6.82. The van der Waals surface area contributed by atoms with Crippen LogP contribution in [-0.4, -0.2) is 38.6 Å². The van der Waals surface area contributed by atoms with Crippen molar-refractivity contribution in [2.45, 2.75) is 58.9 Å². The maximum Gasteiger partial charge on any atom is 0.227 e. The van der Waals surface area contributed by atoms with E-state index in [2.05, 4.69) is 32.2 Å². The maximum atomic E-state index is 12.8. The van der Waals surface area contributed by atoms with Gasteiger partial charge in [-0.15, -0.1) is 0 Å². The van der Waals surface area contributed by atoms with E-state index in [-0.39, 0.29) is 5.91 Å². The molecule has 0 radical (unpaired) electrons. The number of aromatic nitrogens is 3. The van der Waals surface area contributed by atoms with Gasteiger partial charge in [-0.25, -0.2) is 0 Å². The summed E-state index contributed by atoms with van der Waals surface area (Å²) < 4.78 is 0. The normalized spacial score (nSPS) is 17.5. The third kappa shape index (κ3) is 3.66. The number of nitrogens with one attached hydrogen (secondary N) is 1. The number of aryl methyl sites for hydroxylation is 4. The highest BCUT2D eigenvalue weighted by molar-refractivity contribution is 5.79. The van der Waals surface area contributed by atoms with Crippen molar-refractivity contribution in [1.82, 2.24) is 20.1 Å². The van der Waals surface area contributed by atoms with Crippen LogP contribution in [0.25, 0.3) is 0 Å². The zero-order valence-corrected chi connectivity index (χ0v) is 14.8. The van der Waals surface area contributed by atoms with Crippen LogP contribution >= 0.6 is 0 Å². The van der Waals surface area contributed by atoms with Gasteiger partial charge in [0.1, 0.15) is 0 Å². The van der Waals surface area contributed by atoms with Crippen molar-refractivity contribution in [2.24, 2.45) is 0 Å². The molecule has 1 aliphatic rings. The van der Waals surface area contributed by atoms with Crippen LogP contribution in [0.15, 0.2) is 18.3 Å². The summed E-state index contributed by atoms with van der Waals surface area (Å²) in [5.74, 6) is 0.232. The fourth-order valence-corrected chi connectivity index (χ4v) is 3.64. The van der Waals surface area contributed by atoms with Crippen molar-refractivity contribution in [3.8, 4) is 0 Å². The molecule has 128 valence electrons. The van der Waals surface area contributed by atoms with Crippen LogP contribution in [0.3, 0.4) is 0 Å². The summed E-state index contributed by atoms with van der Waals surface area (Å²) in [5.41, 5.74) is 5.35. The summed E-state index contributed by atoms with van der Waals surface area (Å²) in [4.78, 5) is 19.1. The number of hydrogen-bond acceptors (Lipinski definition) is 3. The van der Waals surface area contributed by atoms with Gasteiger partial charge in [0.15, 0.2) is 0 Å². The largest absolute Gasteiger partial charge is 0.339 e. The highest BCUT2D eigenvalue weighted by atomic mass is 16.2. The molecule has 2 aromatic rings. The molecule has 0 unspecified atom stereocenters. The second kappa shape index (κ2) is 7.16. The zero-order chi connectivity index (χ0) is 17.1. The average molecular weight is 326 g/mol. The van der Waals surface area contributed by atoms with Gasteiger partial charge in [-0.05, 0) is 64.2 Å². The lowest BCUT2D eigenvalue weighted by Gasteiger charge is -2.25. The minimum Gasteiger partial charge on any atom is -0.339 e. The Kier molecular flexibility index (Phi) is 4.97. The van der Waals surface area contributed by atoms with Crippen molar-refractivity contribution in [1.29, 1.82) is 0 Å². The van der Waals surface area contributed by atoms with E-state index < -0.39 is 0 Å². The average Bonchev–Trinajstić information content (AvgIpc) is 3.15. The minimum absolute atomic E-state index is 0.232. The van der Waals surface area contributed by atoms with E-state index in [0.29, 0.717) is 12.5 Å². The Morgan fingerprint density at radius 2 is 2.21 bits per heavy atom.